The summed E-state index contributed by atoms with van der Waals surface area (Å²) in [5, 5.41) is 9.92. The molecule has 1 aromatic carbocycles. The molecule has 2 rings (SSSR count). The van der Waals surface area contributed by atoms with E-state index in [9.17, 15) is 18.3 Å². The maximum Gasteiger partial charge on any atom is 0.333 e. The van der Waals surface area contributed by atoms with Crippen LogP contribution in [0.5, 0.6) is 0 Å². The molecule has 1 fully saturated rings. The Bertz CT molecular complexity index is 798. The molecule has 2 atom stereocenters. The first-order valence-corrected chi connectivity index (χ1v) is 12.9. The van der Waals surface area contributed by atoms with E-state index in [0.717, 1.165) is 18.7 Å². The molecule has 1 unspecified atom stereocenters. The predicted molar refractivity (Wildman–Crippen MR) is 122 cm³/mol. The van der Waals surface area contributed by atoms with Gasteiger partial charge in [0.05, 0.1) is 31.7 Å². The molecule has 32 heavy (non-hydrogen) atoms. The maximum absolute atomic E-state index is 12.6. The topological polar surface area (TPSA) is 102 Å². The number of hydrogen-bond acceptors (Lipinski definition) is 7. The first kappa shape index (κ1) is 27.0. The van der Waals surface area contributed by atoms with Crippen molar-refractivity contribution in [1.82, 2.24) is 4.90 Å². The van der Waals surface area contributed by atoms with Crippen molar-refractivity contribution >= 4 is 27.7 Å². The van der Waals surface area contributed by atoms with Gasteiger partial charge in [-0.2, -0.15) is 8.42 Å². The molecule has 0 aromatic heterocycles. The van der Waals surface area contributed by atoms with Gasteiger partial charge in [-0.25, -0.2) is 4.79 Å². The van der Waals surface area contributed by atoms with Gasteiger partial charge in [-0.1, -0.05) is 44.2 Å². The molecule has 1 N–H and O–H groups in total. The minimum absolute atomic E-state index is 0.0937. The second-order valence-corrected chi connectivity index (χ2v) is 10.6. The van der Waals surface area contributed by atoms with Gasteiger partial charge in [0.2, 0.25) is 0 Å². The average molecular weight is 492 g/mol. The zero-order chi connectivity index (χ0) is 23.6. The Morgan fingerprint density at radius 1 is 1.25 bits per heavy atom. The molecule has 1 aromatic rings. The maximum atomic E-state index is 12.6. The quantitative estimate of drug-likeness (QED) is 0.313. The van der Waals surface area contributed by atoms with Crippen molar-refractivity contribution in [2.75, 3.05) is 44.5 Å². The zero-order valence-electron chi connectivity index (χ0n) is 18.7. The molecular weight excluding hydrogens is 458 g/mol. The Balaban J connectivity index is 2.19. The molecule has 8 nitrogen and oxygen atoms in total. The average Bonchev–Trinajstić information content (AvgIpc) is 2.76. The number of hydrogen-bond donors (Lipinski definition) is 1. The van der Waals surface area contributed by atoms with Crippen LogP contribution < -0.4 is 0 Å². The molecule has 1 aliphatic heterocycles. The Hall–Kier alpha value is -1.23. The van der Waals surface area contributed by atoms with Crippen molar-refractivity contribution < 1.29 is 32.0 Å². The van der Waals surface area contributed by atoms with E-state index in [2.05, 4.69) is 4.90 Å². The molecule has 10 heteroatoms. The molecule has 0 amide bonds. The highest BCUT2D eigenvalue weighted by Gasteiger charge is 2.45. The molecule has 182 valence electrons. The lowest BCUT2D eigenvalue weighted by Gasteiger charge is -2.39. The number of alkyl halides is 1. The number of nitrogens with zero attached hydrogens (tertiary/aromatic N) is 1. The summed E-state index contributed by atoms with van der Waals surface area (Å²) in [5.74, 6) is -1.19. The van der Waals surface area contributed by atoms with Gasteiger partial charge < -0.3 is 14.6 Å². The van der Waals surface area contributed by atoms with Crippen LogP contribution in [0.15, 0.2) is 30.3 Å². The summed E-state index contributed by atoms with van der Waals surface area (Å²) < 4.78 is 41.9. The molecule has 0 spiro atoms. The normalized spacial score (nSPS) is 17.7. The minimum atomic E-state index is -3.88. The number of halogens is 1. The van der Waals surface area contributed by atoms with E-state index in [-0.39, 0.29) is 24.7 Å². The summed E-state index contributed by atoms with van der Waals surface area (Å²) >= 11 is 5.65. The molecule has 0 saturated carbocycles. The van der Waals surface area contributed by atoms with Gasteiger partial charge in [0.25, 0.3) is 10.1 Å². The molecule has 0 aliphatic carbocycles. The van der Waals surface area contributed by atoms with E-state index >= 15 is 0 Å². The summed E-state index contributed by atoms with van der Waals surface area (Å²) in [4.78, 5) is 14.3. The van der Waals surface area contributed by atoms with E-state index in [0.29, 0.717) is 26.2 Å². The standard InChI is InChI=1S/C22H34ClNO7S/c1-22(2,20(21(25)26)30-17-18-7-4-3-5-8-18)19(31-32(27,28)16-6-10-23)9-11-24-12-14-29-15-13-24/h3-5,7-8,19-20H,6,9-17H2,1-2H3,(H,25,26)/t19?,20-/m0/s1. The second-order valence-electron chi connectivity index (χ2n) is 8.47. The highest BCUT2D eigenvalue weighted by Crippen LogP contribution is 2.34. The van der Waals surface area contributed by atoms with Gasteiger partial charge in [-0.05, 0) is 18.4 Å². The van der Waals surface area contributed by atoms with E-state index in [1.807, 2.05) is 30.3 Å². The van der Waals surface area contributed by atoms with Gasteiger partial charge in [-0.15, -0.1) is 11.6 Å². The number of carbonyl (C=O) groups is 1. The second kappa shape index (κ2) is 12.9. The lowest BCUT2D eigenvalue weighted by molar-refractivity contribution is -0.167. The fourth-order valence-electron chi connectivity index (χ4n) is 3.65. The van der Waals surface area contributed by atoms with Crippen LogP contribution in [0.1, 0.15) is 32.3 Å². The third kappa shape index (κ3) is 8.61. The van der Waals surface area contributed by atoms with E-state index in [4.69, 9.17) is 25.3 Å². The Labute approximate surface area is 195 Å². The number of ether oxygens (including phenoxy) is 2. The molecular formula is C22H34ClNO7S. The Morgan fingerprint density at radius 3 is 2.50 bits per heavy atom. The van der Waals surface area contributed by atoms with Gasteiger partial charge in [0.1, 0.15) is 0 Å². The summed E-state index contributed by atoms with van der Waals surface area (Å²) in [5.41, 5.74) is -0.295. The molecule has 1 heterocycles. The highest BCUT2D eigenvalue weighted by atomic mass is 35.5. The molecule has 0 bridgehead atoms. The Morgan fingerprint density at radius 2 is 1.91 bits per heavy atom. The zero-order valence-corrected chi connectivity index (χ0v) is 20.3. The number of benzene rings is 1. The van der Waals surface area contributed by atoms with Gasteiger partial charge in [0.15, 0.2) is 6.10 Å². The lowest BCUT2D eigenvalue weighted by atomic mass is 9.79. The number of morpholine rings is 1. The smallest absolute Gasteiger partial charge is 0.333 e. The van der Waals surface area contributed by atoms with Crippen LogP contribution in [-0.4, -0.2) is 81.1 Å². The van der Waals surface area contributed by atoms with E-state index < -0.39 is 33.7 Å². The van der Waals surface area contributed by atoms with Crippen molar-refractivity contribution in [3.63, 3.8) is 0 Å². The summed E-state index contributed by atoms with van der Waals surface area (Å²) in [6.45, 7) is 6.71. The summed E-state index contributed by atoms with van der Waals surface area (Å²) in [7, 11) is -3.88. The van der Waals surface area contributed by atoms with Crippen LogP contribution in [0.25, 0.3) is 0 Å². The number of carboxylic acid groups (broad SMARTS) is 1. The third-order valence-corrected chi connectivity index (χ3v) is 7.17. The van der Waals surface area contributed by atoms with Crippen LogP contribution in [0, 0.1) is 5.41 Å². The monoisotopic (exact) mass is 491 g/mol. The SMILES string of the molecule is CC(C)(C(CCN1CCOCC1)OS(=O)(=O)CCCCl)[C@@H](OCc1ccccc1)C(=O)O. The highest BCUT2D eigenvalue weighted by molar-refractivity contribution is 7.86. The largest absolute Gasteiger partial charge is 0.479 e. The van der Waals surface area contributed by atoms with Crippen molar-refractivity contribution in [3.05, 3.63) is 35.9 Å². The molecule has 1 saturated heterocycles. The minimum Gasteiger partial charge on any atom is -0.479 e. The number of carboxylic acids is 1. The number of aliphatic carboxylic acids is 1. The third-order valence-electron chi connectivity index (χ3n) is 5.59. The predicted octanol–water partition coefficient (Wildman–Crippen LogP) is 2.75. The van der Waals surface area contributed by atoms with Crippen molar-refractivity contribution in [2.45, 2.75) is 45.5 Å². The van der Waals surface area contributed by atoms with Crippen LogP contribution in [-0.2, 0) is 35.2 Å². The Kier molecular flexibility index (Phi) is 10.9. The van der Waals surface area contributed by atoms with Gasteiger partial charge in [-0.3, -0.25) is 9.08 Å². The van der Waals surface area contributed by atoms with Crippen molar-refractivity contribution in [2.24, 2.45) is 5.41 Å². The number of rotatable bonds is 14. The van der Waals surface area contributed by atoms with Gasteiger partial charge >= 0.3 is 5.97 Å². The van der Waals surface area contributed by atoms with Gasteiger partial charge in [0, 0.05) is 30.9 Å². The van der Waals surface area contributed by atoms with Crippen LogP contribution in [0.2, 0.25) is 0 Å². The van der Waals surface area contributed by atoms with Crippen molar-refractivity contribution in [3.8, 4) is 0 Å². The first-order chi connectivity index (χ1) is 15.2. The van der Waals surface area contributed by atoms with E-state index in [1.54, 1.807) is 13.8 Å². The van der Waals surface area contributed by atoms with Crippen molar-refractivity contribution in [1.29, 1.82) is 0 Å². The van der Waals surface area contributed by atoms with Crippen LogP contribution in [0.4, 0.5) is 0 Å². The lowest BCUT2D eigenvalue weighted by Crippen LogP contribution is -2.50. The molecule has 1 aliphatic rings. The summed E-state index contributed by atoms with van der Waals surface area (Å²) in [6.07, 6.45) is -1.55. The fourth-order valence-corrected chi connectivity index (χ4v) is 5.24. The first-order valence-electron chi connectivity index (χ1n) is 10.8. The fraction of sp³-hybridized carbons (Fsp3) is 0.682. The van der Waals surface area contributed by atoms with Crippen LogP contribution in [0.3, 0.4) is 0 Å². The van der Waals surface area contributed by atoms with Crippen LogP contribution >= 0.6 is 11.6 Å². The molecule has 0 radical (unpaired) electrons. The summed E-state index contributed by atoms with van der Waals surface area (Å²) in [6, 6.07) is 9.24. The van der Waals surface area contributed by atoms with E-state index in [1.165, 1.54) is 0 Å².